The molecule has 1 amide bonds. The van der Waals surface area contributed by atoms with Crippen LogP contribution in [0.4, 0.5) is 0 Å². The summed E-state index contributed by atoms with van der Waals surface area (Å²) in [6, 6.07) is 3.52. The monoisotopic (exact) mass is 341 g/mol. The van der Waals surface area contributed by atoms with E-state index in [0.717, 1.165) is 4.88 Å². The number of aromatic nitrogens is 2. The lowest BCUT2D eigenvalue weighted by Gasteiger charge is -2.12. The first-order valence-corrected chi connectivity index (χ1v) is 7.93. The largest absolute Gasteiger partial charge is 0.349 e. The second kappa shape index (κ2) is 6.93. The zero-order valence-electron chi connectivity index (χ0n) is 12.2. The van der Waals surface area contributed by atoms with Gasteiger partial charge in [-0.3, -0.25) is 14.6 Å². The van der Waals surface area contributed by atoms with Gasteiger partial charge in [-0.2, -0.15) is 0 Å². The van der Waals surface area contributed by atoms with Gasteiger partial charge in [0.15, 0.2) is 0 Å². The number of thiophene rings is 1. The summed E-state index contributed by atoms with van der Waals surface area (Å²) in [5.41, 5.74) is -0.0905. The molecule has 0 fully saturated rings. The van der Waals surface area contributed by atoms with Crippen molar-refractivity contribution in [2.24, 2.45) is 0 Å². The molecule has 0 aromatic carbocycles. The van der Waals surface area contributed by atoms with E-state index in [1.165, 1.54) is 11.3 Å². The number of carbonyl (C=O) groups excluding carboxylic acids is 1. The van der Waals surface area contributed by atoms with Crippen molar-refractivity contribution in [2.75, 3.05) is 0 Å². The third kappa shape index (κ3) is 4.08. The van der Waals surface area contributed by atoms with Crippen molar-refractivity contribution in [1.29, 1.82) is 0 Å². The number of hydrogen-bond donors (Lipinski definition) is 3. The van der Waals surface area contributed by atoms with Gasteiger partial charge in [0.2, 0.25) is 5.91 Å². The first-order valence-electron chi connectivity index (χ1n) is 6.73. The van der Waals surface area contributed by atoms with Gasteiger partial charge in [0.1, 0.15) is 0 Å². The van der Waals surface area contributed by atoms with E-state index in [4.69, 9.17) is 11.6 Å². The predicted molar refractivity (Wildman–Crippen MR) is 86.6 cm³/mol. The molecule has 0 spiro atoms. The van der Waals surface area contributed by atoms with Crippen molar-refractivity contribution in [3.8, 4) is 0 Å². The number of hydrogen-bond acceptors (Lipinski definition) is 4. The van der Waals surface area contributed by atoms with Crippen LogP contribution in [-0.4, -0.2) is 15.9 Å². The van der Waals surface area contributed by atoms with Gasteiger partial charge in [0.25, 0.3) is 5.56 Å². The molecular formula is C14H16ClN3O3S. The lowest BCUT2D eigenvalue weighted by molar-refractivity contribution is -0.121. The molecule has 0 bridgehead atoms. The summed E-state index contributed by atoms with van der Waals surface area (Å²) in [7, 11) is 0. The molecule has 22 heavy (non-hydrogen) atoms. The van der Waals surface area contributed by atoms with Gasteiger partial charge in [0.05, 0.1) is 10.4 Å². The Balaban J connectivity index is 1.96. The Hall–Kier alpha value is -1.86. The van der Waals surface area contributed by atoms with Crippen molar-refractivity contribution < 1.29 is 4.79 Å². The fourth-order valence-corrected chi connectivity index (χ4v) is 3.17. The van der Waals surface area contributed by atoms with E-state index in [9.17, 15) is 14.4 Å². The summed E-state index contributed by atoms with van der Waals surface area (Å²) in [5.74, 6) is -0.165. The van der Waals surface area contributed by atoms with Crippen LogP contribution in [0.1, 0.15) is 35.5 Å². The van der Waals surface area contributed by atoms with Crippen LogP contribution in [0.3, 0.4) is 0 Å². The second-order valence-electron chi connectivity index (χ2n) is 4.94. The lowest BCUT2D eigenvalue weighted by Crippen LogP contribution is -2.30. The highest BCUT2D eigenvalue weighted by Gasteiger charge is 2.13. The van der Waals surface area contributed by atoms with Crippen LogP contribution in [0.2, 0.25) is 4.34 Å². The second-order valence-corrected chi connectivity index (χ2v) is 6.69. The Morgan fingerprint density at radius 1 is 1.36 bits per heavy atom. The minimum atomic E-state index is -0.543. The fourth-order valence-electron chi connectivity index (χ4n) is 2.11. The van der Waals surface area contributed by atoms with Crippen molar-refractivity contribution in [1.82, 2.24) is 15.3 Å². The van der Waals surface area contributed by atoms with Gasteiger partial charge in [-0.15, -0.1) is 11.3 Å². The first kappa shape index (κ1) is 16.5. The molecule has 8 heteroatoms. The highest BCUT2D eigenvalue weighted by molar-refractivity contribution is 7.16. The summed E-state index contributed by atoms with van der Waals surface area (Å²) in [6.07, 6.45) is 0.432. The molecule has 0 saturated carbocycles. The Bertz CT molecular complexity index is 793. The van der Waals surface area contributed by atoms with Crippen molar-refractivity contribution in [3.05, 3.63) is 53.4 Å². The molecule has 0 radical (unpaired) electrons. The van der Waals surface area contributed by atoms with Gasteiger partial charge in [-0.1, -0.05) is 11.6 Å². The normalized spacial score (nSPS) is 12.1. The van der Waals surface area contributed by atoms with E-state index in [1.54, 1.807) is 13.0 Å². The van der Waals surface area contributed by atoms with Crippen LogP contribution < -0.4 is 16.6 Å². The Kier molecular flexibility index (Phi) is 5.20. The van der Waals surface area contributed by atoms with Gasteiger partial charge < -0.3 is 10.3 Å². The fraction of sp³-hybridized carbons (Fsp3) is 0.357. The summed E-state index contributed by atoms with van der Waals surface area (Å²) in [4.78, 5) is 40.4. The molecule has 2 aromatic rings. The molecule has 118 valence electrons. The molecule has 2 rings (SSSR count). The molecule has 1 unspecified atom stereocenters. The van der Waals surface area contributed by atoms with Crippen LogP contribution in [0.25, 0.3) is 0 Å². The summed E-state index contributed by atoms with van der Waals surface area (Å²) < 4.78 is 0.673. The van der Waals surface area contributed by atoms with Crippen LogP contribution in [-0.2, 0) is 11.2 Å². The zero-order valence-corrected chi connectivity index (χ0v) is 13.7. The molecule has 6 nitrogen and oxygen atoms in total. The Morgan fingerprint density at radius 2 is 2.09 bits per heavy atom. The molecule has 2 aromatic heterocycles. The molecule has 0 aliphatic carbocycles. The number of amides is 1. The third-order valence-corrected chi connectivity index (χ3v) is 4.67. The number of H-pyrrole nitrogens is 2. The topological polar surface area (TPSA) is 94.8 Å². The Labute approximate surface area is 135 Å². The minimum absolute atomic E-state index is 0.139. The third-order valence-electron chi connectivity index (χ3n) is 3.26. The summed E-state index contributed by atoms with van der Waals surface area (Å²) in [5, 5.41) is 2.86. The lowest BCUT2D eigenvalue weighted by atomic mass is 10.1. The van der Waals surface area contributed by atoms with Crippen molar-refractivity contribution >= 4 is 28.8 Å². The molecular weight excluding hydrogens is 326 g/mol. The van der Waals surface area contributed by atoms with Crippen LogP contribution in [0.15, 0.2) is 21.7 Å². The Morgan fingerprint density at radius 3 is 2.68 bits per heavy atom. The molecule has 1 atom stereocenters. The molecule has 0 aliphatic rings. The van der Waals surface area contributed by atoms with Crippen molar-refractivity contribution in [3.63, 3.8) is 0 Å². The van der Waals surface area contributed by atoms with Crippen molar-refractivity contribution in [2.45, 2.75) is 32.7 Å². The van der Waals surface area contributed by atoms with Gasteiger partial charge in [0, 0.05) is 22.6 Å². The number of aryl methyl sites for hydroxylation is 1. The van der Waals surface area contributed by atoms with E-state index in [0.29, 0.717) is 15.6 Å². The predicted octanol–water partition coefficient (Wildman–Crippen LogP) is 1.90. The van der Waals surface area contributed by atoms with E-state index < -0.39 is 11.2 Å². The zero-order chi connectivity index (χ0) is 16.3. The average molecular weight is 342 g/mol. The van der Waals surface area contributed by atoms with Gasteiger partial charge in [-0.05, 0) is 32.4 Å². The maximum atomic E-state index is 12.0. The van der Waals surface area contributed by atoms with Crippen LogP contribution in [0, 0.1) is 6.92 Å². The maximum absolute atomic E-state index is 12.0. The minimum Gasteiger partial charge on any atom is -0.349 e. The van der Waals surface area contributed by atoms with E-state index >= 15 is 0 Å². The smallest absolute Gasteiger partial charge is 0.325 e. The number of rotatable bonds is 5. The highest BCUT2D eigenvalue weighted by Crippen LogP contribution is 2.26. The molecule has 0 aliphatic heterocycles. The van der Waals surface area contributed by atoms with E-state index in [2.05, 4.69) is 15.3 Å². The van der Waals surface area contributed by atoms with E-state index in [1.807, 2.05) is 13.0 Å². The maximum Gasteiger partial charge on any atom is 0.325 e. The number of aromatic amines is 2. The number of carbonyl (C=O) groups is 1. The van der Waals surface area contributed by atoms with E-state index in [-0.39, 0.29) is 24.8 Å². The molecule has 2 heterocycles. The standard InChI is InChI=1S/C14H16ClN3O3S/c1-7-9(13(20)18-14(21)17-7)3-6-12(19)16-8(2)10-4-5-11(15)22-10/h4-5,8H,3,6H2,1-2H3,(H,16,19)(H2,17,18,20,21). The number of nitrogens with one attached hydrogen (secondary N) is 3. The summed E-state index contributed by atoms with van der Waals surface area (Å²) >= 11 is 7.28. The first-order chi connectivity index (χ1) is 10.4. The molecule has 0 saturated heterocycles. The van der Waals surface area contributed by atoms with Crippen LogP contribution in [0.5, 0.6) is 0 Å². The van der Waals surface area contributed by atoms with Gasteiger partial charge in [-0.25, -0.2) is 4.79 Å². The summed E-state index contributed by atoms with van der Waals surface area (Å²) in [6.45, 7) is 3.51. The van der Waals surface area contributed by atoms with Gasteiger partial charge >= 0.3 is 5.69 Å². The number of halogens is 1. The molecule has 3 N–H and O–H groups in total. The average Bonchev–Trinajstić information content (AvgIpc) is 2.84. The SMILES string of the molecule is Cc1[nH]c(=O)[nH]c(=O)c1CCC(=O)NC(C)c1ccc(Cl)s1. The van der Waals surface area contributed by atoms with Crippen LogP contribution >= 0.6 is 22.9 Å². The highest BCUT2D eigenvalue weighted by atomic mass is 35.5. The quantitative estimate of drug-likeness (QED) is 0.775.